The molecule has 0 saturated heterocycles. The Morgan fingerprint density at radius 2 is 1.88 bits per heavy atom. The molecule has 0 aromatic heterocycles. The lowest BCUT2D eigenvalue weighted by Gasteiger charge is -2.21. The number of hydrogen-bond acceptors (Lipinski definition) is 4. The Morgan fingerprint density at radius 1 is 1.16 bits per heavy atom. The van der Waals surface area contributed by atoms with Gasteiger partial charge in [0.1, 0.15) is 5.75 Å². The van der Waals surface area contributed by atoms with Crippen LogP contribution in [-0.4, -0.2) is 25.6 Å². The van der Waals surface area contributed by atoms with E-state index in [2.05, 4.69) is 13.8 Å². The Kier molecular flexibility index (Phi) is 4.74. The molecule has 25 heavy (non-hydrogen) atoms. The summed E-state index contributed by atoms with van der Waals surface area (Å²) in [6.07, 6.45) is 0. The van der Waals surface area contributed by atoms with Crippen molar-refractivity contribution in [1.82, 2.24) is 0 Å². The molecule has 0 N–H and O–H groups in total. The highest BCUT2D eigenvalue weighted by atomic mass is 16.5. The number of carbonyl (C=O) groups is 2. The summed E-state index contributed by atoms with van der Waals surface area (Å²) < 4.78 is 10.4. The van der Waals surface area contributed by atoms with Gasteiger partial charge in [-0.15, -0.1) is 0 Å². The van der Waals surface area contributed by atoms with Crippen molar-refractivity contribution >= 4 is 17.6 Å². The third kappa shape index (κ3) is 3.50. The molecule has 1 amide bonds. The molecule has 5 nitrogen and oxygen atoms in total. The third-order valence-corrected chi connectivity index (χ3v) is 4.33. The predicted molar refractivity (Wildman–Crippen MR) is 95.0 cm³/mol. The van der Waals surface area contributed by atoms with E-state index in [1.807, 2.05) is 24.3 Å². The Morgan fingerprint density at radius 3 is 2.52 bits per heavy atom. The van der Waals surface area contributed by atoms with Gasteiger partial charge in [0.2, 0.25) is 0 Å². The molecule has 0 radical (unpaired) electrons. The van der Waals surface area contributed by atoms with Crippen LogP contribution in [0, 0.1) is 0 Å². The van der Waals surface area contributed by atoms with Gasteiger partial charge in [0.05, 0.1) is 19.2 Å². The van der Waals surface area contributed by atoms with E-state index in [4.69, 9.17) is 9.47 Å². The molecule has 2 aromatic carbocycles. The van der Waals surface area contributed by atoms with E-state index >= 15 is 0 Å². The molecule has 2 aromatic rings. The van der Waals surface area contributed by atoms with Crippen molar-refractivity contribution < 1.29 is 19.1 Å². The van der Waals surface area contributed by atoms with Crippen molar-refractivity contribution in [2.24, 2.45) is 0 Å². The summed E-state index contributed by atoms with van der Waals surface area (Å²) in [5.74, 6) is 0.516. The average Bonchev–Trinajstić information content (AvgIpc) is 2.79. The lowest BCUT2D eigenvalue weighted by atomic mass is 10.0. The van der Waals surface area contributed by atoms with E-state index in [1.165, 1.54) is 12.7 Å². The van der Waals surface area contributed by atoms with Gasteiger partial charge >= 0.3 is 5.97 Å². The predicted octanol–water partition coefficient (Wildman–Crippen LogP) is 3.52. The maximum absolute atomic E-state index is 12.5. The molecule has 0 saturated carbocycles. The fraction of sp³-hybridized carbons (Fsp3) is 0.300. The minimum absolute atomic E-state index is 0.0312. The van der Waals surface area contributed by atoms with Gasteiger partial charge in [0.25, 0.3) is 5.91 Å². The van der Waals surface area contributed by atoms with Crippen molar-refractivity contribution in [2.45, 2.75) is 26.3 Å². The molecule has 1 aliphatic rings. The Balaban J connectivity index is 1.93. The van der Waals surface area contributed by atoms with Crippen LogP contribution in [-0.2, 0) is 16.1 Å². The van der Waals surface area contributed by atoms with Gasteiger partial charge in [-0.2, -0.15) is 0 Å². The first-order chi connectivity index (χ1) is 12.0. The second kappa shape index (κ2) is 6.97. The van der Waals surface area contributed by atoms with Crippen molar-refractivity contribution in [3.05, 3.63) is 59.2 Å². The maximum atomic E-state index is 12.5. The molecule has 1 heterocycles. The van der Waals surface area contributed by atoms with Crippen molar-refractivity contribution in [3.63, 3.8) is 0 Å². The Hall–Kier alpha value is -2.82. The number of fused-ring (bicyclic) bond motifs is 1. The minimum Gasteiger partial charge on any atom is -0.483 e. The highest BCUT2D eigenvalue weighted by Gasteiger charge is 2.24. The summed E-state index contributed by atoms with van der Waals surface area (Å²) in [5.41, 5.74) is 3.25. The number of rotatable bonds is 3. The molecule has 0 bridgehead atoms. The summed E-state index contributed by atoms with van der Waals surface area (Å²) in [6, 6.07) is 13.0. The molecular formula is C20H21NO4. The number of esters is 1. The van der Waals surface area contributed by atoms with Gasteiger partial charge in [0.15, 0.2) is 6.61 Å². The van der Waals surface area contributed by atoms with Crippen molar-refractivity contribution in [1.29, 1.82) is 0 Å². The highest BCUT2D eigenvalue weighted by Crippen LogP contribution is 2.29. The van der Waals surface area contributed by atoms with Crippen LogP contribution in [0.3, 0.4) is 0 Å². The molecule has 0 unspecified atom stereocenters. The molecular weight excluding hydrogens is 318 g/mol. The zero-order chi connectivity index (χ0) is 18.0. The van der Waals surface area contributed by atoms with Crippen LogP contribution in [0.25, 0.3) is 0 Å². The fourth-order valence-electron chi connectivity index (χ4n) is 2.84. The molecule has 0 spiro atoms. The third-order valence-electron chi connectivity index (χ3n) is 4.33. The van der Waals surface area contributed by atoms with Crippen LogP contribution in [0.1, 0.15) is 41.3 Å². The SMILES string of the molecule is COC(=O)c1ccc2c(c1)CN(c1ccc(C(C)C)cc1)C(=O)CO2. The second-order valence-electron chi connectivity index (χ2n) is 6.33. The van der Waals surface area contributed by atoms with Gasteiger partial charge < -0.3 is 14.4 Å². The first-order valence-electron chi connectivity index (χ1n) is 8.24. The number of benzene rings is 2. The Labute approximate surface area is 147 Å². The number of carbonyl (C=O) groups excluding carboxylic acids is 2. The number of anilines is 1. The van der Waals surface area contributed by atoms with Crippen molar-refractivity contribution in [3.8, 4) is 5.75 Å². The van der Waals surface area contributed by atoms with Gasteiger partial charge in [-0.25, -0.2) is 4.79 Å². The first kappa shape index (κ1) is 17.0. The van der Waals surface area contributed by atoms with E-state index in [0.717, 1.165) is 11.3 Å². The number of ether oxygens (including phenoxy) is 2. The van der Waals surface area contributed by atoms with E-state index in [9.17, 15) is 9.59 Å². The Bertz CT molecular complexity index is 796. The molecule has 3 rings (SSSR count). The average molecular weight is 339 g/mol. The van der Waals surface area contributed by atoms with Gasteiger partial charge in [-0.05, 0) is 41.8 Å². The topological polar surface area (TPSA) is 55.8 Å². The summed E-state index contributed by atoms with van der Waals surface area (Å²) in [6.45, 7) is 4.57. The highest BCUT2D eigenvalue weighted by molar-refractivity contribution is 5.95. The van der Waals surface area contributed by atoms with Crippen LogP contribution in [0.2, 0.25) is 0 Å². The first-order valence-corrected chi connectivity index (χ1v) is 8.24. The largest absolute Gasteiger partial charge is 0.483 e. The van der Waals surface area contributed by atoms with Crippen LogP contribution < -0.4 is 9.64 Å². The zero-order valence-electron chi connectivity index (χ0n) is 14.6. The maximum Gasteiger partial charge on any atom is 0.337 e. The van der Waals surface area contributed by atoms with E-state index in [1.54, 1.807) is 23.1 Å². The van der Waals surface area contributed by atoms with Gasteiger partial charge in [0, 0.05) is 11.3 Å². The molecule has 0 atom stereocenters. The lowest BCUT2D eigenvalue weighted by Crippen LogP contribution is -2.32. The van der Waals surface area contributed by atoms with E-state index in [0.29, 0.717) is 23.8 Å². The van der Waals surface area contributed by atoms with E-state index < -0.39 is 5.97 Å². The van der Waals surface area contributed by atoms with Crippen LogP contribution in [0.5, 0.6) is 5.75 Å². The van der Waals surface area contributed by atoms with Gasteiger partial charge in [-0.3, -0.25) is 4.79 Å². The minimum atomic E-state index is -0.411. The number of amides is 1. The molecule has 5 heteroatoms. The quantitative estimate of drug-likeness (QED) is 0.803. The summed E-state index contributed by atoms with van der Waals surface area (Å²) >= 11 is 0. The van der Waals surface area contributed by atoms with Crippen LogP contribution in [0.4, 0.5) is 5.69 Å². The number of hydrogen-bond donors (Lipinski definition) is 0. The lowest BCUT2D eigenvalue weighted by molar-refractivity contribution is -0.120. The van der Waals surface area contributed by atoms with Crippen LogP contribution in [0.15, 0.2) is 42.5 Å². The van der Waals surface area contributed by atoms with Crippen molar-refractivity contribution in [2.75, 3.05) is 18.6 Å². The summed E-state index contributed by atoms with van der Waals surface area (Å²) in [7, 11) is 1.34. The zero-order valence-corrected chi connectivity index (χ0v) is 14.6. The van der Waals surface area contributed by atoms with Crippen LogP contribution >= 0.6 is 0 Å². The number of methoxy groups -OCH3 is 1. The molecule has 0 aliphatic carbocycles. The monoisotopic (exact) mass is 339 g/mol. The number of nitrogens with zero attached hydrogens (tertiary/aromatic N) is 1. The molecule has 1 aliphatic heterocycles. The summed E-state index contributed by atoms with van der Waals surface area (Å²) in [4.78, 5) is 25.9. The second-order valence-corrected chi connectivity index (χ2v) is 6.33. The molecule has 0 fully saturated rings. The summed E-state index contributed by atoms with van der Waals surface area (Å²) in [5, 5.41) is 0. The molecule has 130 valence electrons. The smallest absolute Gasteiger partial charge is 0.337 e. The standard InChI is InChI=1S/C20H21NO4/c1-13(2)14-4-7-17(8-5-14)21-11-16-10-15(20(23)24-3)6-9-18(16)25-12-19(21)22/h4-10,13H,11-12H2,1-3H3. The normalized spacial score (nSPS) is 13.9. The van der Waals surface area contributed by atoms with Gasteiger partial charge in [-0.1, -0.05) is 26.0 Å². The fourth-order valence-corrected chi connectivity index (χ4v) is 2.84. The van der Waals surface area contributed by atoms with E-state index in [-0.39, 0.29) is 12.5 Å².